The molecule has 108 valence electrons. The molecule has 1 heterocycles. The fourth-order valence-electron chi connectivity index (χ4n) is 2.07. The van der Waals surface area contributed by atoms with Gasteiger partial charge in [-0.15, -0.1) is 0 Å². The third kappa shape index (κ3) is 2.43. The van der Waals surface area contributed by atoms with Crippen molar-refractivity contribution >= 4 is 40.8 Å². The van der Waals surface area contributed by atoms with Crippen molar-refractivity contribution in [3.05, 3.63) is 22.2 Å². The molecule has 0 bridgehead atoms. The number of methoxy groups -OCH3 is 1. The molecule has 1 unspecified atom stereocenters. The molecule has 1 aliphatic heterocycles. The van der Waals surface area contributed by atoms with Crippen molar-refractivity contribution in [2.24, 2.45) is 5.92 Å². The number of imide groups is 1. The van der Waals surface area contributed by atoms with Crippen LogP contribution >= 0.6 is 23.2 Å². The minimum Gasteiger partial charge on any atom is -0.494 e. The molecule has 3 amide bonds. The van der Waals surface area contributed by atoms with Gasteiger partial charge in [0.1, 0.15) is 6.04 Å². The van der Waals surface area contributed by atoms with Gasteiger partial charge in [-0.2, -0.15) is 0 Å². The maximum absolute atomic E-state index is 12.3. The third-order valence-electron chi connectivity index (χ3n) is 3.08. The smallest absolute Gasteiger partial charge is 0.329 e. The van der Waals surface area contributed by atoms with Crippen molar-refractivity contribution in [3.63, 3.8) is 0 Å². The van der Waals surface area contributed by atoms with Crippen molar-refractivity contribution in [2.45, 2.75) is 19.9 Å². The SMILES string of the molecule is COc1c(Cl)cc(N2C(=O)NC(C(C)C)C2=O)cc1Cl. The van der Waals surface area contributed by atoms with Crippen molar-refractivity contribution in [2.75, 3.05) is 12.0 Å². The zero-order chi connectivity index (χ0) is 15.0. The van der Waals surface area contributed by atoms with Gasteiger partial charge < -0.3 is 10.1 Å². The zero-order valence-electron chi connectivity index (χ0n) is 11.2. The van der Waals surface area contributed by atoms with E-state index < -0.39 is 12.1 Å². The summed E-state index contributed by atoms with van der Waals surface area (Å²) in [6, 6.07) is 1.94. The van der Waals surface area contributed by atoms with Crippen LogP contribution in [0.5, 0.6) is 5.75 Å². The molecule has 2 rings (SSSR count). The van der Waals surface area contributed by atoms with Gasteiger partial charge in [0.15, 0.2) is 5.75 Å². The normalized spacial score (nSPS) is 18.7. The lowest BCUT2D eigenvalue weighted by atomic mass is 10.0. The molecule has 0 radical (unpaired) electrons. The summed E-state index contributed by atoms with van der Waals surface area (Å²) in [6.07, 6.45) is 0. The summed E-state index contributed by atoms with van der Waals surface area (Å²) in [5.74, 6) is -0.00695. The summed E-state index contributed by atoms with van der Waals surface area (Å²) in [6.45, 7) is 3.72. The molecule has 1 fully saturated rings. The number of carbonyl (C=O) groups is 2. The fraction of sp³-hybridized carbons (Fsp3) is 0.385. The minimum absolute atomic E-state index is 0.000595. The van der Waals surface area contributed by atoms with Gasteiger partial charge in [-0.1, -0.05) is 37.0 Å². The molecule has 1 aromatic carbocycles. The van der Waals surface area contributed by atoms with E-state index in [1.54, 1.807) is 0 Å². The highest BCUT2D eigenvalue weighted by molar-refractivity contribution is 6.38. The molecule has 0 aromatic heterocycles. The number of amides is 3. The Morgan fingerprint density at radius 3 is 2.20 bits per heavy atom. The monoisotopic (exact) mass is 316 g/mol. The van der Waals surface area contributed by atoms with Gasteiger partial charge in [0.2, 0.25) is 0 Å². The number of nitrogens with one attached hydrogen (secondary N) is 1. The van der Waals surface area contributed by atoms with Gasteiger partial charge in [-0.25, -0.2) is 9.69 Å². The van der Waals surface area contributed by atoms with E-state index in [0.717, 1.165) is 4.90 Å². The third-order valence-corrected chi connectivity index (χ3v) is 3.64. The highest BCUT2D eigenvalue weighted by atomic mass is 35.5. The van der Waals surface area contributed by atoms with Gasteiger partial charge in [0.05, 0.1) is 22.8 Å². The predicted molar refractivity (Wildman–Crippen MR) is 77.7 cm³/mol. The number of ether oxygens (including phenoxy) is 1. The van der Waals surface area contributed by atoms with E-state index in [9.17, 15) is 9.59 Å². The van der Waals surface area contributed by atoms with Crippen LogP contribution in [0.1, 0.15) is 13.8 Å². The van der Waals surface area contributed by atoms with Crippen LogP contribution in [-0.2, 0) is 4.79 Å². The first-order valence-electron chi connectivity index (χ1n) is 6.04. The van der Waals surface area contributed by atoms with Gasteiger partial charge in [0.25, 0.3) is 5.91 Å². The number of rotatable bonds is 3. The Balaban J connectivity index is 2.42. The molecular formula is C13H14Cl2N2O3. The highest BCUT2D eigenvalue weighted by Gasteiger charge is 2.40. The Morgan fingerprint density at radius 2 is 1.80 bits per heavy atom. The molecule has 1 aliphatic rings. The molecule has 7 heteroatoms. The lowest BCUT2D eigenvalue weighted by Crippen LogP contribution is -2.34. The number of hydrogen-bond acceptors (Lipinski definition) is 3. The first-order valence-corrected chi connectivity index (χ1v) is 6.80. The topological polar surface area (TPSA) is 58.6 Å². The van der Waals surface area contributed by atoms with Crippen LogP contribution < -0.4 is 15.0 Å². The highest BCUT2D eigenvalue weighted by Crippen LogP contribution is 2.37. The van der Waals surface area contributed by atoms with Gasteiger partial charge in [0, 0.05) is 0 Å². The standard InChI is InChI=1S/C13H14Cl2N2O3/c1-6(2)10-12(18)17(13(19)16-10)7-4-8(14)11(20-3)9(15)5-7/h4-6,10H,1-3H3,(H,16,19). The number of urea groups is 1. The lowest BCUT2D eigenvalue weighted by molar-refractivity contribution is -0.119. The van der Waals surface area contributed by atoms with Crippen LogP contribution in [0.3, 0.4) is 0 Å². The van der Waals surface area contributed by atoms with E-state index in [1.807, 2.05) is 13.8 Å². The largest absolute Gasteiger partial charge is 0.494 e. The molecule has 0 aliphatic carbocycles. The number of nitrogens with zero attached hydrogens (tertiary/aromatic N) is 1. The van der Waals surface area contributed by atoms with Crippen LogP contribution in [0.4, 0.5) is 10.5 Å². The van der Waals surface area contributed by atoms with Crippen molar-refractivity contribution < 1.29 is 14.3 Å². The lowest BCUT2D eigenvalue weighted by Gasteiger charge is -2.16. The first-order chi connectivity index (χ1) is 9.36. The van der Waals surface area contributed by atoms with Crippen LogP contribution in [0.2, 0.25) is 10.0 Å². The molecular weight excluding hydrogens is 303 g/mol. The summed E-state index contributed by atoms with van der Waals surface area (Å²) in [5.41, 5.74) is 0.325. The molecule has 5 nitrogen and oxygen atoms in total. The van der Waals surface area contributed by atoms with Crippen molar-refractivity contribution in [1.29, 1.82) is 0 Å². The van der Waals surface area contributed by atoms with E-state index >= 15 is 0 Å². The average Bonchev–Trinajstić information content (AvgIpc) is 2.64. The van der Waals surface area contributed by atoms with Gasteiger partial charge in [-0.3, -0.25) is 4.79 Å². The van der Waals surface area contributed by atoms with Crippen LogP contribution in [-0.4, -0.2) is 25.1 Å². The fourth-order valence-corrected chi connectivity index (χ4v) is 2.70. The van der Waals surface area contributed by atoms with Gasteiger partial charge >= 0.3 is 6.03 Å². The van der Waals surface area contributed by atoms with Crippen LogP contribution in [0.25, 0.3) is 0 Å². The molecule has 1 N–H and O–H groups in total. The maximum Gasteiger partial charge on any atom is 0.329 e. The predicted octanol–water partition coefficient (Wildman–Crippen LogP) is 3.08. The Kier molecular flexibility index (Phi) is 4.11. The van der Waals surface area contributed by atoms with E-state index in [-0.39, 0.29) is 21.9 Å². The summed E-state index contributed by atoms with van der Waals surface area (Å²) in [5, 5.41) is 3.12. The second-order valence-electron chi connectivity index (χ2n) is 4.79. The Bertz CT molecular complexity index is 552. The van der Waals surface area contributed by atoms with E-state index in [4.69, 9.17) is 27.9 Å². The Labute approximate surface area is 126 Å². The summed E-state index contributed by atoms with van der Waals surface area (Å²) < 4.78 is 5.04. The van der Waals surface area contributed by atoms with E-state index in [2.05, 4.69) is 5.32 Å². The number of halogens is 2. The summed E-state index contributed by atoms with van der Waals surface area (Å²) in [7, 11) is 1.44. The van der Waals surface area contributed by atoms with Gasteiger partial charge in [-0.05, 0) is 18.1 Å². The van der Waals surface area contributed by atoms with Crippen molar-refractivity contribution in [3.8, 4) is 5.75 Å². The summed E-state index contributed by atoms with van der Waals surface area (Å²) in [4.78, 5) is 25.3. The number of hydrogen-bond donors (Lipinski definition) is 1. The minimum atomic E-state index is -0.540. The second-order valence-corrected chi connectivity index (χ2v) is 5.60. The molecule has 1 aromatic rings. The molecule has 1 atom stereocenters. The summed E-state index contributed by atoms with van der Waals surface area (Å²) >= 11 is 12.1. The second kappa shape index (κ2) is 5.50. The maximum atomic E-state index is 12.3. The van der Waals surface area contributed by atoms with E-state index in [0.29, 0.717) is 11.4 Å². The van der Waals surface area contributed by atoms with Crippen LogP contribution in [0, 0.1) is 5.92 Å². The quantitative estimate of drug-likeness (QED) is 0.872. The van der Waals surface area contributed by atoms with Crippen LogP contribution in [0.15, 0.2) is 12.1 Å². The molecule has 0 spiro atoms. The number of anilines is 1. The first kappa shape index (κ1) is 14.9. The molecule has 20 heavy (non-hydrogen) atoms. The Morgan fingerprint density at radius 1 is 1.25 bits per heavy atom. The molecule has 0 saturated carbocycles. The Hall–Kier alpha value is -1.46. The zero-order valence-corrected chi connectivity index (χ0v) is 12.7. The molecule has 1 saturated heterocycles. The van der Waals surface area contributed by atoms with E-state index in [1.165, 1.54) is 19.2 Å². The average molecular weight is 317 g/mol. The number of benzene rings is 1. The number of carbonyl (C=O) groups excluding carboxylic acids is 2. The van der Waals surface area contributed by atoms with Crippen molar-refractivity contribution in [1.82, 2.24) is 5.32 Å².